The summed E-state index contributed by atoms with van der Waals surface area (Å²) < 4.78 is 0. The Morgan fingerprint density at radius 1 is 1.05 bits per heavy atom. The minimum absolute atomic E-state index is 0.0239. The molecule has 0 radical (unpaired) electrons. The van der Waals surface area contributed by atoms with Gasteiger partial charge in [0.05, 0.1) is 0 Å². The van der Waals surface area contributed by atoms with Gasteiger partial charge in [0.2, 0.25) is 0 Å². The van der Waals surface area contributed by atoms with Crippen molar-refractivity contribution < 1.29 is 5.11 Å². The third-order valence-electron chi connectivity index (χ3n) is 5.42. The first-order valence-electron chi connectivity index (χ1n) is 8.51. The van der Waals surface area contributed by atoms with Gasteiger partial charge in [-0.15, -0.1) is 0 Å². The van der Waals surface area contributed by atoms with Crippen molar-refractivity contribution in [2.75, 3.05) is 0 Å². The minimum Gasteiger partial charge on any atom is -0.508 e. The molecule has 0 amide bonds. The van der Waals surface area contributed by atoms with Gasteiger partial charge in [0.15, 0.2) is 0 Å². The van der Waals surface area contributed by atoms with Crippen LogP contribution >= 0.6 is 0 Å². The predicted octanol–water partition coefficient (Wildman–Crippen LogP) is 5.38. The predicted molar refractivity (Wildman–Crippen MR) is 93.0 cm³/mol. The van der Waals surface area contributed by atoms with E-state index in [9.17, 15) is 5.11 Å². The van der Waals surface area contributed by atoms with Crippen LogP contribution in [0, 0.1) is 30.6 Å². The smallest absolute Gasteiger partial charge is 0.119 e. The average molecular weight is 296 g/mol. The second kappa shape index (κ2) is 5.61. The number of benzene rings is 1. The first-order chi connectivity index (χ1) is 10.4. The van der Waals surface area contributed by atoms with Gasteiger partial charge in [-0.1, -0.05) is 62.8 Å². The van der Waals surface area contributed by atoms with E-state index in [4.69, 9.17) is 0 Å². The van der Waals surface area contributed by atoms with E-state index in [1.807, 2.05) is 19.1 Å². The van der Waals surface area contributed by atoms with Gasteiger partial charge in [0.25, 0.3) is 0 Å². The summed E-state index contributed by atoms with van der Waals surface area (Å²) >= 11 is 0. The van der Waals surface area contributed by atoms with E-state index in [0.717, 1.165) is 29.2 Å². The Labute approximate surface area is 134 Å². The van der Waals surface area contributed by atoms with Crippen molar-refractivity contribution in [3.05, 3.63) is 53.6 Å². The first-order valence-corrected chi connectivity index (χ1v) is 8.51. The molecule has 0 aliphatic heterocycles. The lowest BCUT2D eigenvalue weighted by atomic mass is 9.85. The van der Waals surface area contributed by atoms with Crippen LogP contribution in [0.2, 0.25) is 0 Å². The standard InChI is InChI=1S/C11H16O.C10H12/c1-8-5-6-10(12)9(7-8)11(2,3)4;1-2-9-7-4-5-8(6-7)10(9)3-1/h5-7,12H,1-4H3;1-2,4-5,7-10H,3,6H2. The van der Waals surface area contributed by atoms with Crippen LogP contribution in [0.15, 0.2) is 42.5 Å². The van der Waals surface area contributed by atoms with Crippen molar-refractivity contribution in [3.8, 4) is 5.75 Å². The summed E-state index contributed by atoms with van der Waals surface area (Å²) in [5.41, 5.74) is 2.23. The van der Waals surface area contributed by atoms with Gasteiger partial charge in [0, 0.05) is 0 Å². The lowest BCUT2D eigenvalue weighted by molar-refractivity contribution is 0.398. The third-order valence-corrected chi connectivity index (χ3v) is 5.42. The highest BCUT2D eigenvalue weighted by Gasteiger charge is 2.44. The Bertz CT molecular complexity index is 603. The topological polar surface area (TPSA) is 20.2 Å². The molecule has 118 valence electrons. The Morgan fingerprint density at radius 2 is 1.77 bits per heavy atom. The van der Waals surface area contributed by atoms with Gasteiger partial charge in [0.1, 0.15) is 5.75 Å². The van der Waals surface area contributed by atoms with Crippen LogP contribution in [-0.2, 0) is 5.41 Å². The molecule has 0 aromatic heterocycles. The van der Waals surface area contributed by atoms with Crippen LogP contribution in [0.25, 0.3) is 0 Å². The summed E-state index contributed by atoms with van der Waals surface area (Å²) in [5.74, 6) is 4.22. The number of phenolic OH excluding ortho intramolecular Hbond substituents is 1. The number of hydrogen-bond donors (Lipinski definition) is 1. The van der Waals surface area contributed by atoms with Crippen molar-refractivity contribution in [3.63, 3.8) is 0 Å². The lowest BCUT2D eigenvalue weighted by Gasteiger charge is -2.20. The zero-order valence-electron chi connectivity index (χ0n) is 14.2. The van der Waals surface area contributed by atoms with Crippen molar-refractivity contribution in [1.29, 1.82) is 0 Å². The molecule has 1 fully saturated rings. The molecule has 1 heteroatoms. The van der Waals surface area contributed by atoms with E-state index in [0.29, 0.717) is 5.75 Å². The second-order valence-electron chi connectivity index (χ2n) is 8.12. The molecule has 1 N–H and O–H groups in total. The summed E-state index contributed by atoms with van der Waals surface area (Å²) in [6.07, 6.45) is 12.5. The fourth-order valence-electron chi connectivity index (χ4n) is 4.22. The number of phenols is 1. The molecule has 1 saturated carbocycles. The van der Waals surface area contributed by atoms with Crippen LogP contribution in [0.5, 0.6) is 5.75 Å². The molecular weight excluding hydrogens is 268 g/mol. The SMILES string of the molecule is C1=CC2C3C=CC(C3)C2C1.Cc1ccc(O)c(C(C)(C)C)c1. The quantitative estimate of drug-likeness (QED) is 0.637. The van der Waals surface area contributed by atoms with Crippen LogP contribution in [0.4, 0.5) is 0 Å². The van der Waals surface area contributed by atoms with E-state index in [2.05, 4.69) is 45.1 Å². The number of aromatic hydroxyl groups is 1. The molecule has 0 saturated heterocycles. The fourth-order valence-corrected chi connectivity index (χ4v) is 4.22. The summed E-state index contributed by atoms with van der Waals surface area (Å²) in [5, 5.41) is 9.57. The summed E-state index contributed by atoms with van der Waals surface area (Å²) in [6, 6.07) is 5.72. The first kappa shape index (κ1) is 15.4. The molecule has 4 unspecified atom stereocenters. The molecule has 22 heavy (non-hydrogen) atoms. The Kier molecular flexibility index (Phi) is 3.92. The Morgan fingerprint density at radius 3 is 2.41 bits per heavy atom. The number of aryl methyl sites for hydroxylation is 1. The highest BCUT2D eigenvalue weighted by atomic mass is 16.3. The number of rotatable bonds is 0. The van der Waals surface area contributed by atoms with E-state index < -0.39 is 0 Å². The van der Waals surface area contributed by atoms with E-state index in [-0.39, 0.29) is 5.41 Å². The molecular formula is C21H28O. The maximum atomic E-state index is 9.57. The lowest BCUT2D eigenvalue weighted by Crippen LogP contribution is -2.12. The second-order valence-corrected chi connectivity index (χ2v) is 8.12. The largest absolute Gasteiger partial charge is 0.508 e. The summed E-state index contributed by atoms with van der Waals surface area (Å²) in [4.78, 5) is 0. The molecule has 1 nitrogen and oxygen atoms in total. The van der Waals surface area contributed by atoms with Crippen LogP contribution < -0.4 is 0 Å². The molecule has 1 aromatic rings. The molecule has 2 bridgehead atoms. The highest BCUT2D eigenvalue weighted by molar-refractivity contribution is 5.40. The van der Waals surface area contributed by atoms with Crippen molar-refractivity contribution in [2.24, 2.45) is 23.7 Å². The van der Waals surface area contributed by atoms with Crippen molar-refractivity contribution in [2.45, 2.75) is 46.0 Å². The molecule has 3 aliphatic carbocycles. The van der Waals surface area contributed by atoms with Gasteiger partial charge < -0.3 is 5.11 Å². The Balaban J connectivity index is 0.000000132. The zero-order chi connectivity index (χ0) is 15.9. The fraction of sp³-hybridized carbons (Fsp3) is 0.524. The summed E-state index contributed by atoms with van der Waals surface area (Å²) in [6.45, 7) is 8.33. The van der Waals surface area contributed by atoms with E-state index in [1.165, 1.54) is 18.4 Å². The normalized spacial score (nSPS) is 31.1. The van der Waals surface area contributed by atoms with Crippen molar-refractivity contribution >= 4 is 0 Å². The molecule has 4 rings (SSSR count). The van der Waals surface area contributed by atoms with Crippen LogP contribution in [0.3, 0.4) is 0 Å². The van der Waals surface area contributed by atoms with Gasteiger partial charge in [-0.05, 0) is 60.5 Å². The van der Waals surface area contributed by atoms with E-state index in [1.54, 1.807) is 6.07 Å². The maximum absolute atomic E-state index is 9.57. The minimum atomic E-state index is 0.0239. The van der Waals surface area contributed by atoms with Gasteiger partial charge >= 0.3 is 0 Å². The Hall–Kier alpha value is -1.50. The molecule has 4 atom stereocenters. The maximum Gasteiger partial charge on any atom is 0.119 e. The molecule has 1 aromatic carbocycles. The van der Waals surface area contributed by atoms with Gasteiger partial charge in [-0.2, -0.15) is 0 Å². The third kappa shape index (κ3) is 2.86. The molecule has 0 heterocycles. The summed E-state index contributed by atoms with van der Waals surface area (Å²) in [7, 11) is 0. The molecule has 3 aliphatic rings. The zero-order valence-corrected chi connectivity index (χ0v) is 14.2. The number of fused-ring (bicyclic) bond motifs is 5. The average Bonchev–Trinajstić information content (AvgIpc) is 3.13. The van der Waals surface area contributed by atoms with Crippen LogP contribution in [-0.4, -0.2) is 5.11 Å². The number of hydrogen-bond acceptors (Lipinski definition) is 1. The van der Waals surface area contributed by atoms with Gasteiger partial charge in [-0.25, -0.2) is 0 Å². The van der Waals surface area contributed by atoms with E-state index >= 15 is 0 Å². The van der Waals surface area contributed by atoms with Crippen LogP contribution in [0.1, 0.15) is 44.7 Å². The van der Waals surface area contributed by atoms with Crippen molar-refractivity contribution in [1.82, 2.24) is 0 Å². The highest BCUT2D eigenvalue weighted by Crippen LogP contribution is 2.52. The number of allylic oxidation sites excluding steroid dienone is 4. The van der Waals surface area contributed by atoms with Gasteiger partial charge in [-0.3, -0.25) is 0 Å². The molecule has 0 spiro atoms. The monoisotopic (exact) mass is 296 g/mol.